The fraction of sp³-hybridized carbons (Fsp3) is 0.412. The molecule has 2 aromatic rings. The van der Waals surface area contributed by atoms with Crippen molar-refractivity contribution in [2.45, 2.75) is 50.5 Å². The number of rotatable bonds is 7. The van der Waals surface area contributed by atoms with Crippen LogP contribution in [0.5, 0.6) is 0 Å². The van der Waals surface area contributed by atoms with E-state index < -0.39 is 10.0 Å². The monoisotopic (exact) mass is 305 g/mol. The summed E-state index contributed by atoms with van der Waals surface area (Å²) in [6.07, 6.45) is 4.21. The SMILES string of the molecule is CCCCCC(C)NS(=O)(=O)c1cccc2ccccc12. The molecular weight excluding hydrogens is 282 g/mol. The summed E-state index contributed by atoms with van der Waals surface area (Å²) in [6, 6.07) is 12.9. The molecule has 0 saturated heterocycles. The first-order valence-electron chi connectivity index (χ1n) is 7.54. The van der Waals surface area contributed by atoms with Crippen molar-refractivity contribution < 1.29 is 8.42 Å². The molecule has 1 N–H and O–H groups in total. The minimum Gasteiger partial charge on any atom is -0.208 e. The molecule has 0 bridgehead atoms. The molecular formula is C17H23NO2S. The van der Waals surface area contributed by atoms with Gasteiger partial charge in [-0.25, -0.2) is 13.1 Å². The molecule has 0 aliphatic heterocycles. The fourth-order valence-corrected chi connectivity index (χ4v) is 4.03. The lowest BCUT2D eigenvalue weighted by Gasteiger charge is -2.15. The molecule has 21 heavy (non-hydrogen) atoms. The first kappa shape index (κ1) is 16.0. The quantitative estimate of drug-likeness (QED) is 0.783. The number of benzene rings is 2. The van der Waals surface area contributed by atoms with Crippen LogP contribution in [0.4, 0.5) is 0 Å². The highest BCUT2D eigenvalue weighted by molar-refractivity contribution is 7.89. The zero-order valence-electron chi connectivity index (χ0n) is 12.7. The molecule has 0 fully saturated rings. The molecule has 3 nitrogen and oxygen atoms in total. The van der Waals surface area contributed by atoms with Crippen LogP contribution >= 0.6 is 0 Å². The van der Waals surface area contributed by atoms with Gasteiger partial charge in [0.2, 0.25) is 10.0 Å². The van der Waals surface area contributed by atoms with Gasteiger partial charge in [0.25, 0.3) is 0 Å². The van der Waals surface area contributed by atoms with E-state index in [9.17, 15) is 8.42 Å². The molecule has 0 saturated carbocycles. The van der Waals surface area contributed by atoms with E-state index in [0.29, 0.717) is 4.90 Å². The van der Waals surface area contributed by atoms with Crippen LogP contribution in [-0.2, 0) is 10.0 Å². The number of sulfonamides is 1. The third kappa shape index (κ3) is 4.05. The van der Waals surface area contributed by atoms with Gasteiger partial charge in [0.15, 0.2) is 0 Å². The number of hydrogen-bond acceptors (Lipinski definition) is 2. The van der Waals surface area contributed by atoms with Gasteiger partial charge in [-0.05, 0) is 24.8 Å². The smallest absolute Gasteiger partial charge is 0.208 e. The van der Waals surface area contributed by atoms with Crippen molar-refractivity contribution in [1.82, 2.24) is 4.72 Å². The highest BCUT2D eigenvalue weighted by Gasteiger charge is 2.19. The normalized spacial score (nSPS) is 13.4. The van der Waals surface area contributed by atoms with E-state index in [1.807, 2.05) is 37.3 Å². The lowest BCUT2D eigenvalue weighted by Crippen LogP contribution is -2.32. The van der Waals surface area contributed by atoms with Gasteiger partial charge in [-0.15, -0.1) is 0 Å². The number of nitrogens with one attached hydrogen (secondary N) is 1. The van der Waals surface area contributed by atoms with Gasteiger partial charge in [-0.3, -0.25) is 0 Å². The van der Waals surface area contributed by atoms with Crippen molar-refractivity contribution in [3.8, 4) is 0 Å². The van der Waals surface area contributed by atoms with Crippen LogP contribution in [0.3, 0.4) is 0 Å². The molecule has 0 aliphatic rings. The summed E-state index contributed by atoms with van der Waals surface area (Å²) in [6.45, 7) is 4.07. The second kappa shape index (κ2) is 7.05. The maximum absolute atomic E-state index is 12.6. The van der Waals surface area contributed by atoms with Crippen LogP contribution in [-0.4, -0.2) is 14.5 Å². The largest absolute Gasteiger partial charge is 0.241 e. The molecule has 0 radical (unpaired) electrons. The first-order valence-corrected chi connectivity index (χ1v) is 9.03. The molecule has 4 heteroatoms. The van der Waals surface area contributed by atoms with Crippen LogP contribution in [0.2, 0.25) is 0 Å². The lowest BCUT2D eigenvalue weighted by atomic mass is 10.1. The molecule has 2 aromatic carbocycles. The van der Waals surface area contributed by atoms with Gasteiger partial charge in [-0.1, -0.05) is 62.6 Å². The topological polar surface area (TPSA) is 46.2 Å². The Bertz CT molecular complexity index is 690. The maximum Gasteiger partial charge on any atom is 0.241 e. The van der Waals surface area contributed by atoms with Gasteiger partial charge in [-0.2, -0.15) is 0 Å². The molecule has 0 aromatic heterocycles. The zero-order chi connectivity index (χ0) is 15.3. The highest BCUT2D eigenvalue weighted by Crippen LogP contribution is 2.23. The second-order valence-corrected chi connectivity index (χ2v) is 7.18. The predicted molar refractivity (Wildman–Crippen MR) is 87.9 cm³/mol. The third-order valence-electron chi connectivity index (χ3n) is 3.64. The Labute approximate surface area is 127 Å². The highest BCUT2D eigenvalue weighted by atomic mass is 32.2. The summed E-state index contributed by atoms with van der Waals surface area (Å²) in [5.41, 5.74) is 0. The standard InChI is InChI=1S/C17H23NO2S/c1-3-4-5-9-14(2)18-21(19,20)17-13-8-11-15-10-6-7-12-16(15)17/h6-8,10-14,18H,3-5,9H2,1-2H3. The maximum atomic E-state index is 12.6. The molecule has 0 heterocycles. The first-order chi connectivity index (χ1) is 10.0. The summed E-state index contributed by atoms with van der Waals surface area (Å²) < 4.78 is 28.0. The Morgan fingerprint density at radius 2 is 1.76 bits per heavy atom. The second-order valence-electron chi connectivity index (χ2n) is 5.50. The van der Waals surface area contributed by atoms with E-state index in [2.05, 4.69) is 11.6 Å². The molecule has 2 rings (SSSR count). The van der Waals surface area contributed by atoms with Crippen molar-refractivity contribution in [3.05, 3.63) is 42.5 Å². The van der Waals surface area contributed by atoms with Crippen molar-refractivity contribution in [2.75, 3.05) is 0 Å². The average Bonchev–Trinajstić information content (AvgIpc) is 2.46. The molecule has 0 spiro atoms. The van der Waals surface area contributed by atoms with E-state index in [-0.39, 0.29) is 6.04 Å². The Balaban J connectivity index is 2.22. The Morgan fingerprint density at radius 1 is 1.05 bits per heavy atom. The van der Waals surface area contributed by atoms with Crippen molar-refractivity contribution in [3.63, 3.8) is 0 Å². The van der Waals surface area contributed by atoms with Crippen LogP contribution in [0.25, 0.3) is 10.8 Å². The van der Waals surface area contributed by atoms with Gasteiger partial charge in [0, 0.05) is 11.4 Å². The van der Waals surface area contributed by atoms with Gasteiger partial charge >= 0.3 is 0 Å². The van der Waals surface area contributed by atoms with Crippen LogP contribution in [0.1, 0.15) is 39.5 Å². The van der Waals surface area contributed by atoms with E-state index in [1.54, 1.807) is 12.1 Å². The summed E-state index contributed by atoms with van der Waals surface area (Å²) >= 11 is 0. The fourth-order valence-electron chi connectivity index (χ4n) is 2.52. The summed E-state index contributed by atoms with van der Waals surface area (Å²) in [5, 5.41) is 1.72. The summed E-state index contributed by atoms with van der Waals surface area (Å²) in [5.74, 6) is 0. The number of fused-ring (bicyclic) bond motifs is 1. The van der Waals surface area contributed by atoms with Crippen LogP contribution < -0.4 is 4.72 Å². The average molecular weight is 305 g/mol. The number of unbranched alkanes of at least 4 members (excludes halogenated alkanes) is 2. The van der Waals surface area contributed by atoms with E-state index in [0.717, 1.165) is 36.5 Å². The van der Waals surface area contributed by atoms with Gasteiger partial charge in [0.1, 0.15) is 0 Å². The minimum absolute atomic E-state index is 0.0412. The third-order valence-corrected chi connectivity index (χ3v) is 5.28. The van der Waals surface area contributed by atoms with Crippen molar-refractivity contribution in [2.24, 2.45) is 0 Å². The van der Waals surface area contributed by atoms with E-state index in [4.69, 9.17) is 0 Å². The Kier molecular flexibility index (Phi) is 5.37. The molecule has 1 unspecified atom stereocenters. The Hall–Kier alpha value is -1.39. The lowest BCUT2D eigenvalue weighted by molar-refractivity contribution is 0.528. The van der Waals surface area contributed by atoms with Crippen LogP contribution in [0, 0.1) is 0 Å². The minimum atomic E-state index is -3.47. The van der Waals surface area contributed by atoms with E-state index >= 15 is 0 Å². The predicted octanol–water partition coefficient (Wildman–Crippen LogP) is 4.09. The summed E-state index contributed by atoms with van der Waals surface area (Å²) in [4.78, 5) is 0.364. The van der Waals surface area contributed by atoms with Crippen molar-refractivity contribution >= 4 is 20.8 Å². The zero-order valence-corrected chi connectivity index (χ0v) is 13.5. The van der Waals surface area contributed by atoms with E-state index in [1.165, 1.54) is 0 Å². The number of hydrogen-bond donors (Lipinski definition) is 1. The van der Waals surface area contributed by atoms with Crippen molar-refractivity contribution in [1.29, 1.82) is 0 Å². The molecule has 1 atom stereocenters. The van der Waals surface area contributed by atoms with Gasteiger partial charge in [0.05, 0.1) is 4.90 Å². The molecule has 0 amide bonds. The van der Waals surface area contributed by atoms with Crippen LogP contribution in [0.15, 0.2) is 47.4 Å². The molecule has 114 valence electrons. The summed E-state index contributed by atoms with van der Waals surface area (Å²) in [7, 11) is -3.47. The molecule has 0 aliphatic carbocycles. The van der Waals surface area contributed by atoms with Gasteiger partial charge < -0.3 is 0 Å². The Morgan fingerprint density at radius 3 is 2.52 bits per heavy atom.